The van der Waals surface area contributed by atoms with Gasteiger partial charge in [0.25, 0.3) is 0 Å². The highest BCUT2D eigenvalue weighted by Crippen LogP contribution is 2.20. The van der Waals surface area contributed by atoms with Gasteiger partial charge in [-0.1, -0.05) is 385 Å². The Kier molecular flexibility index (Phi) is 53.3. The summed E-state index contributed by atoms with van der Waals surface area (Å²) in [6, 6.07) is 0. The van der Waals surface area contributed by atoms with E-state index in [4.69, 9.17) is 0 Å². The minimum absolute atomic E-state index is 1.50. The molecule has 0 amide bonds. The van der Waals surface area contributed by atoms with Crippen LogP contribution in [-0.4, -0.2) is 0 Å². The van der Waals surface area contributed by atoms with Crippen LogP contribution in [0.2, 0.25) is 0 Å². The standard InChI is InChI=1S/C60H120/c1-2-4-6-8-10-12-14-16-18-20-22-24-26-28-30-32-34-36-38-40-42-44-46-48-50-52-54-56-58-60-59-57-55-53-51-49-47-45-43-41-39-37-35-33-31-29-27-25-23-21-19-17-15-13-11-9-7-5-3-1/h1-60H2. The zero-order chi connectivity index (χ0) is 42.4. The van der Waals surface area contributed by atoms with Crippen LogP contribution in [0.5, 0.6) is 0 Å². The van der Waals surface area contributed by atoms with E-state index in [9.17, 15) is 0 Å². The molecule has 0 bridgehead atoms. The number of hydrogen-bond acceptors (Lipinski definition) is 0. The Morgan fingerprint density at radius 3 is 0.0667 bits per heavy atom. The lowest BCUT2D eigenvalue weighted by Gasteiger charge is -2.05. The van der Waals surface area contributed by atoms with Crippen LogP contribution < -0.4 is 0 Å². The highest BCUT2D eigenvalue weighted by molar-refractivity contribution is 4.56. The zero-order valence-corrected chi connectivity index (χ0v) is 42.4. The molecule has 1 aliphatic carbocycles. The molecule has 0 heterocycles. The van der Waals surface area contributed by atoms with Crippen LogP contribution in [0.25, 0.3) is 0 Å². The van der Waals surface area contributed by atoms with Crippen molar-refractivity contribution in [3.63, 3.8) is 0 Å². The second-order valence-corrected chi connectivity index (χ2v) is 21.2. The van der Waals surface area contributed by atoms with Gasteiger partial charge in [0.1, 0.15) is 0 Å². The quantitative estimate of drug-likeness (QED) is 0.228. The highest BCUT2D eigenvalue weighted by atomic mass is 14.1. The van der Waals surface area contributed by atoms with Crippen LogP contribution in [0.4, 0.5) is 0 Å². The lowest BCUT2D eigenvalue weighted by atomic mass is 10.0. The first kappa shape index (κ1) is 58.0. The van der Waals surface area contributed by atoms with E-state index < -0.39 is 0 Å². The van der Waals surface area contributed by atoms with Gasteiger partial charge in [-0.05, 0) is 0 Å². The number of rotatable bonds is 0. The van der Waals surface area contributed by atoms with Gasteiger partial charge in [-0.15, -0.1) is 0 Å². The molecule has 0 spiro atoms. The molecule has 1 saturated carbocycles. The van der Waals surface area contributed by atoms with Crippen LogP contribution in [0.15, 0.2) is 0 Å². The molecule has 0 aromatic heterocycles. The van der Waals surface area contributed by atoms with Crippen molar-refractivity contribution in [2.75, 3.05) is 0 Å². The largest absolute Gasteiger partial charge is 0.0533 e. The van der Waals surface area contributed by atoms with E-state index in [1.807, 2.05) is 0 Å². The van der Waals surface area contributed by atoms with Crippen LogP contribution >= 0.6 is 0 Å². The molecule has 0 saturated heterocycles. The fourth-order valence-electron chi connectivity index (χ4n) is 10.6. The van der Waals surface area contributed by atoms with Gasteiger partial charge in [0.2, 0.25) is 0 Å². The third-order valence-corrected chi connectivity index (χ3v) is 15.0. The predicted molar refractivity (Wildman–Crippen MR) is 277 cm³/mol. The summed E-state index contributed by atoms with van der Waals surface area (Å²) in [6.07, 6.45) is 90.0. The van der Waals surface area contributed by atoms with E-state index in [0.29, 0.717) is 0 Å². The van der Waals surface area contributed by atoms with Crippen molar-refractivity contribution in [1.29, 1.82) is 0 Å². The first-order valence-electron chi connectivity index (χ1n) is 30.0. The Balaban J connectivity index is 2.00. The van der Waals surface area contributed by atoms with Crippen molar-refractivity contribution < 1.29 is 0 Å². The van der Waals surface area contributed by atoms with Crippen molar-refractivity contribution in [2.45, 2.75) is 385 Å². The summed E-state index contributed by atoms with van der Waals surface area (Å²) in [6.45, 7) is 0. The maximum Gasteiger partial charge on any atom is -0.0533 e. The van der Waals surface area contributed by atoms with Gasteiger partial charge in [-0.2, -0.15) is 0 Å². The minimum atomic E-state index is 1.50. The molecular formula is C60H120. The molecule has 0 nitrogen and oxygen atoms in total. The summed E-state index contributed by atoms with van der Waals surface area (Å²) >= 11 is 0. The minimum Gasteiger partial charge on any atom is -0.0533 e. The Labute approximate surface area is 383 Å². The van der Waals surface area contributed by atoms with Crippen molar-refractivity contribution in [3.8, 4) is 0 Å². The van der Waals surface area contributed by atoms with E-state index in [-0.39, 0.29) is 0 Å². The van der Waals surface area contributed by atoms with Crippen molar-refractivity contribution >= 4 is 0 Å². The summed E-state index contributed by atoms with van der Waals surface area (Å²) in [7, 11) is 0. The lowest BCUT2D eigenvalue weighted by Crippen LogP contribution is -1.85. The Morgan fingerprint density at radius 2 is 0.0500 bits per heavy atom. The van der Waals surface area contributed by atoms with Crippen LogP contribution in [-0.2, 0) is 0 Å². The molecule has 0 N–H and O–H groups in total. The summed E-state index contributed by atoms with van der Waals surface area (Å²) in [5.41, 5.74) is 0. The summed E-state index contributed by atoms with van der Waals surface area (Å²) < 4.78 is 0. The van der Waals surface area contributed by atoms with Crippen molar-refractivity contribution in [1.82, 2.24) is 0 Å². The second kappa shape index (κ2) is 55.1. The topological polar surface area (TPSA) is 0 Å². The van der Waals surface area contributed by atoms with Crippen molar-refractivity contribution in [3.05, 3.63) is 0 Å². The van der Waals surface area contributed by atoms with Crippen molar-refractivity contribution in [2.24, 2.45) is 0 Å². The predicted octanol–water partition coefficient (Wildman–Crippen LogP) is 23.4. The molecule has 0 aromatic carbocycles. The third-order valence-electron chi connectivity index (χ3n) is 15.0. The van der Waals surface area contributed by atoms with Crippen LogP contribution in [0.1, 0.15) is 385 Å². The fourth-order valence-corrected chi connectivity index (χ4v) is 10.6. The summed E-state index contributed by atoms with van der Waals surface area (Å²) in [4.78, 5) is 0. The molecule has 1 fully saturated rings. The maximum absolute atomic E-state index is 1.50. The van der Waals surface area contributed by atoms with Gasteiger partial charge in [-0.3, -0.25) is 0 Å². The highest BCUT2D eigenvalue weighted by Gasteiger charge is 2.00. The molecule has 360 valence electrons. The molecule has 0 radical (unpaired) electrons. The average molecular weight is 842 g/mol. The SMILES string of the molecule is C1CCCCCCCCCCCCCCCCCCCCCCCCCCCCCCCCCCCCCCCCCCCCCCCCCCCCCCCCCCC1. The fraction of sp³-hybridized carbons (Fsp3) is 1.00. The van der Waals surface area contributed by atoms with E-state index in [1.54, 1.807) is 0 Å². The molecule has 0 unspecified atom stereocenters. The third kappa shape index (κ3) is 52.3. The van der Waals surface area contributed by atoms with Crippen LogP contribution in [0, 0.1) is 0 Å². The molecular weight excluding hydrogens is 721 g/mol. The van der Waals surface area contributed by atoms with Crippen LogP contribution in [0.3, 0.4) is 0 Å². The molecule has 0 atom stereocenters. The molecule has 60 heavy (non-hydrogen) atoms. The molecule has 0 heteroatoms. The van der Waals surface area contributed by atoms with Gasteiger partial charge in [0.05, 0.1) is 0 Å². The smallest absolute Gasteiger partial charge is 0.0533 e. The van der Waals surface area contributed by atoms with E-state index in [0.717, 1.165) is 0 Å². The molecule has 0 aliphatic heterocycles. The van der Waals surface area contributed by atoms with Gasteiger partial charge in [0, 0.05) is 0 Å². The van der Waals surface area contributed by atoms with Gasteiger partial charge in [-0.25, -0.2) is 0 Å². The van der Waals surface area contributed by atoms with Gasteiger partial charge >= 0.3 is 0 Å². The number of hydrogen-bond donors (Lipinski definition) is 0. The monoisotopic (exact) mass is 841 g/mol. The van der Waals surface area contributed by atoms with Gasteiger partial charge < -0.3 is 0 Å². The first-order valence-corrected chi connectivity index (χ1v) is 30.0. The maximum atomic E-state index is 1.50. The van der Waals surface area contributed by atoms with Gasteiger partial charge in [0.15, 0.2) is 0 Å². The van der Waals surface area contributed by atoms with E-state index in [2.05, 4.69) is 0 Å². The first-order chi connectivity index (χ1) is 30.0. The molecule has 1 rings (SSSR count). The Hall–Kier alpha value is 0. The lowest BCUT2D eigenvalue weighted by molar-refractivity contribution is 0.504. The van der Waals surface area contributed by atoms with E-state index in [1.165, 1.54) is 385 Å². The molecule has 0 aromatic rings. The normalized spacial score (nSPS) is 24.0. The average Bonchev–Trinajstić information content (AvgIpc) is 3.26. The Morgan fingerprint density at radius 1 is 0.0333 bits per heavy atom. The summed E-state index contributed by atoms with van der Waals surface area (Å²) in [5.74, 6) is 0. The zero-order valence-electron chi connectivity index (χ0n) is 42.4. The second-order valence-electron chi connectivity index (χ2n) is 21.2. The van der Waals surface area contributed by atoms with E-state index >= 15 is 0 Å². The molecule has 1 aliphatic rings. The summed E-state index contributed by atoms with van der Waals surface area (Å²) in [5, 5.41) is 0. The Bertz CT molecular complexity index is 354.